The van der Waals surface area contributed by atoms with Crippen molar-refractivity contribution in [2.24, 2.45) is 0 Å². The molecule has 0 saturated carbocycles. The molecule has 1 aromatic heterocycles. The van der Waals surface area contributed by atoms with Crippen LogP contribution in [0.15, 0.2) is 23.0 Å². The van der Waals surface area contributed by atoms with Gasteiger partial charge in [0.25, 0.3) is 5.92 Å². The van der Waals surface area contributed by atoms with Crippen molar-refractivity contribution in [2.75, 3.05) is 13.1 Å². The maximum Gasteiger partial charge on any atom is 0.417 e. The van der Waals surface area contributed by atoms with E-state index in [1.54, 1.807) is 0 Å². The zero-order chi connectivity index (χ0) is 22.6. The maximum absolute atomic E-state index is 13.5. The smallest absolute Gasteiger partial charge is 0.335 e. The van der Waals surface area contributed by atoms with Crippen LogP contribution >= 0.6 is 11.6 Å². The molecule has 1 atom stereocenters. The third-order valence-corrected chi connectivity index (χ3v) is 5.88. The van der Waals surface area contributed by atoms with Crippen LogP contribution in [-0.2, 0) is 23.9 Å². The summed E-state index contributed by atoms with van der Waals surface area (Å²) in [7, 11) is 0. The summed E-state index contributed by atoms with van der Waals surface area (Å²) in [6, 6.07) is 2.23. The van der Waals surface area contributed by atoms with Crippen molar-refractivity contribution in [1.29, 1.82) is 0 Å². The predicted octanol–water partition coefficient (Wildman–Crippen LogP) is 3.51. The Hall–Kier alpha value is -2.43. The van der Waals surface area contributed by atoms with Crippen LogP contribution in [0.4, 0.5) is 22.0 Å². The van der Waals surface area contributed by atoms with Gasteiger partial charge in [0.05, 0.1) is 23.7 Å². The molecule has 0 aliphatic carbocycles. The first kappa shape index (κ1) is 21.8. The Morgan fingerprint density at radius 3 is 2.65 bits per heavy atom. The maximum atomic E-state index is 13.5. The van der Waals surface area contributed by atoms with Crippen LogP contribution in [-0.4, -0.2) is 44.2 Å². The highest BCUT2D eigenvalue weighted by Crippen LogP contribution is 2.35. The van der Waals surface area contributed by atoms with Gasteiger partial charge in [0.1, 0.15) is 11.9 Å². The molecule has 2 aromatic rings. The number of carbonyl (C=O) groups is 1. The van der Waals surface area contributed by atoms with Crippen LogP contribution in [0.1, 0.15) is 42.3 Å². The first-order valence-electron chi connectivity index (χ1n) is 9.67. The number of hydrogen-bond donors (Lipinski definition) is 0. The molecule has 1 amide bonds. The summed E-state index contributed by atoms with van der Waals surface area (Å²) in [5, 5.41) is 3.72. The number of nitrogens with zero attached hydrogens (tertiary/aromatic N) is 4. The van der Waals surface area contributed by atoms with Crippen molar-refractivity contribution in [1.82, 2.24) is 19.2 Å². The van der Waals surface area contributed by atoms with E-state index in [2.05, 4.69) is 5.10 Å². The average molecular weight is 465 g/mol. The molecule has 3 heterocycles. The second kappa shape index (κ2) is 7.61. The molecule has 0 unspecified atom stereocenters. The number of alkyl halides is 5. The lowest BCUT2D eigenvalue weighted by molar-refractivity contribution is -0.137. The highest BCUT2D eigenvalue weighted by atomic mass is 35.5. The molecule has 0 radical (unpaired) electrons. The van der Waals surface area contributed by atoms with Crippen LogP contribution in [0.2, 0.25) is 5.02 Å². The number of likely N-dealkylation sites (tertiary alicyclic amines) is 1. The van der Waals surface area contributed by atoms with Gasteiger partial charge in [-0.25, -0.2) is 18.3 Å². The fourth-order valence-corrected chi connectivity index (χ4v) is 4.37. The van der Waals surface area contributed by atoms with E-state index in [4.69, 9.17) is 11.6 Å². The van der Waals surface area contributed by atoms with Crippen molar-refractivity contribution in [3.8, 4) is 0 Å². The van der Waals surface area contributed by atoms with E-state index in [1.165, 1.54) is 10.6 Å². The van der Waals surface area contributed by atoms with Gasteiger partial charge in [-0.15, -0.1) is 0 Å². The molecule has 2 aliphatic heterocycles. The van der Waals surface area contributed by atoms with Gasteiger partial charge in [-0.3, -0.25) is 9.36 Å². The lowest BCUT2D eigenvalue weighted by Gasteiger charge is -2.27. The van der Waals surface area contributed by atoms with Gasteiger partial charge in [-0.1, -0.05) is 17.7 Å². The summed E-state index contributed by atoms with van der Waals surface area (Å²) < 4.78 is 68.0. The number of fused-ring (bicyclic) bond motifs is 1. The Kier molecular flexibility index (Phi) is 5.35. The summed E-state index contributed by atoms with van der Waals surface area (Å²) in [6.45, 7) is -0.894. The second-order valence-corrected chi connectivity index (χ2v) is 8.22. The number of hydrogen-bond acceptors (Lipinski definition) is 3. The molecule has 1 aromatic carbocycles. The quantitative estimate of drug-likeness (QED) is 0.653. The predicted molar refractivity (Wildman–Crippen MR) is 100 cm³/mol. The normalized spacial score (nSPS) is 20.7. The first-order valence-corrected chi connectivity index (χ1v) is 10.0. The number of aryl methyl sites for hydroxylation is 1. The molecule has 0 N–H and O–H groups in total. The highest BCUT2D eigenvalue weighted by Gasteiger charge is 2.43. The summed E-state index contributed by atoms with van der Waals surface area (Å²) in [4.78, 5) is 26.8. The van der Waals surface area contributed by atoms with Gasteiger partial charge in [0.15, 0.2) is 0 Å². The molecule has 2 aliphatic rings. The van der Waals surface area contributed by atoms with E-state index >= 15 is 0 Å². The van der Waals surface area contributed by atoms with Gasteiger partial charge in [-0.05, 0) is 30.5 Å². The van der Waals surface area contributed by atoms with Gasteiger partial charge in [0, 0.05) is 19.4 Å². The lowest BCUT2D eigenvalue weighted by atomic mass is 10.0. The number of aromatic nitrogens is 3. The van der Waals surface area contributed by atoms with E-state index < -0.39 is 53.3 Å². The average Bonchev–Trinajstić information content (AvgIpc) is 3.19. The van der Waals surface area contributed by atoms with E-state index in [1.807, 2.05) is 0 Å². The fourth-order valence-electron chi connectivity index (χ4n) is 4.06. The van der Waals surface area contributed by atoms with Crippen molar-refractivity contribution >= 4 is 17.5 Å². The second-order valence-electron chi connectivity index (χ2n) is 7.81. The third-order valence-electron chi connectivity index (χ3n) is 5.57. The van der Waals surface area contributed by atoms with Crippen LogP contribution < -0.4 is 5.69 Å². The molecule has 1 fully saturated rings. The van der Waals surface area contributed by atoms with E-state index in [0.717, 1.165) is 21.7 Å². The first-order chi connectivity index (χ1) is 14.5. The summed E-state index contributed by atoms with van der Waals surface area (Å²) in [6.07, 6.45) is -3.70. The van der Waals surface area contributed by atoms with Crippen molar-refractivity contribution < 1.29 is 26.7 Å². The van der Waals surface area contributed by atoms with E-state index in [-0.39, 0.29) is 13.1 Å². The molecule has 1 saturated heterocycles. The minimum absolute atomic E-state index is 0.0788. The summed E-state index contributed by atoms with van der Waals surface area (Å²) in [5.74, 6) is -3.14. The number of benzene rings is 1. The zero-order valence-electron chi connectivity index (χ0n) is 16.1. The van der Waals surface area contributed by atoms with Crippen LogP contribution in [0, 0.1) is 0 Å². The molecular weight excluding hydrogens is 447 g/mol. The standard InChI is InChI=1S/C19H18ClF5N4O2/c20-13-8-11(4-5-12(13)19(23,24)25)9-28-17(31)29-14(2-1-3-15(29)26-28)16(30)27-7-6-18(21,22)10-27/h4-5,8,14H,1-3,6-7,9-10H2/t14-/m0/s1. The molecule has 4 rings (SSSR count). The van der Waals surface area contributed by atoms with E-state index in [0.29, 0.717) is 30.7 Å². The van der Waals surface area contributed by atoms with Crippen molar-refractivity contribution in [2.45, 2.75) is 50.4 Å². The van der Waals surface area contributed by atoms with Gasteiger partial charge in [0.2, 0.25) is 5.91 Å². The van der Waals surface area contributed by atoms with Gasteiger partial charge in [-0.2, -0.15) is 18.3 Å². The molecular formula is C19H18ClF5N4O2. The summed E-state index contributed by atoms with van der Waals surface area (Å²) in [5.41, 5.74) is -1.27. The zero-order valence-corrected chi connectivity index (χ0v) is 16.9. The fraction of sp³-hybridized carbons (Fsp3) is 0.526. The minimum atomic E-state index is -4.60. The number of amides is 1. The highest BCUT2D eigenvalue weighted by molar-refractivity contribution is 6.31. The SMILES string of the molecule is O=C([C@@H]1CCCc2nn(Cc3ccc(C(F)(F)F)c(Cl)c3)c(=O)n21)N1CCC(F)(F)C1. The molecule has 12 heteroatoms. The molecule has 0 spiro atoms. The van der Waals surface area contributed by atoms with Crippen molar-refractivity contribution in [3.05, 3.63) is 50.7 Å². The molecule has 31 heavy (non-hydrogen) atoms. The monoisotopic (exact) mass is 464 g/mol. The van der Waals surface area contributed by atoms with Crippen molar-refractivity contribution in [3.63, 3.8) is 0 Å². The number of carbonyl (C=O) groups excluding carboxylic acids is 1. The number of halogens is 6. The van der Waals surface area contributed by atoms with Crippen LogP contribution in [0.3, 0.4) is 0 Å². The number of rotatable bonds is 3. The lowest BCUT2D eigenvalue weighted by Crippen LogP contribution is -2.42. The van der Waals surface area contributed by atoms with Crippen LogP contribution in [0.25, 0.3) is 0 Å². The van der Waals surface area contributed by atoms with E-state index in [9.17, 15) is 31.5 Å². The molecule has 6 nitrogen and oxygen atoms in total. The Balaban J connectivity index is 1.60. The van der Waals surface area contributed by atoms with Gasteiger partial charge < -0.3 is 4.90 Å². The summed E-state index contributed by atoms with van der Waals surface area (Å²) >= 11 is 5.74. The topological polar surface area (TPSA) is 60.1 Å². The Morgan fingerprint density at radius 2 is 2.03 bits per heavy atom. The minimum Gasteiger partial charge on any atom is -0.335 e. The third kappa shape index (κ3) is 4.19. The Bertz CT molecular complexity index is 1080. The van der Waals surface area contributed by atoms with Crippen LogP contribution in [0.5, 0.6) is 0 Å². The Morgan fingerprint density at radius 1 is 1.29 bits per heavy atom. The molecule has 0 bridgehead atoms. The molecule has 168 valence electrons. The largest absolute Gasteiger partial charge is 0.417 e. The Labute approximate surface area is 178 Å². The van der Waals surface area contributed by atoms with Gasteiger partial charge >= 0.3 is 11.9 Å².